The van der Waals surface area contributed by atoms with Gasteiger partial charge in [-0.05, 0) is 13.0 Å². The smallest absolute Gasteiger partial charge is 0.303 e. The summed E-state index contributed by atoms with van der Waals surface area (Å²) >= 11 is 0. The van der Waals surface area contributed by atoms with E-state index < -0.39 is 5.97 Å². The van der Waals surface area contributed by atoms with Gasteiger partial charge in [0.05, 0.1) is 6.33 Å². The Morgan fingerprint density at radius 2 is 2.54 bits per heavy atom. The second kappa shape index (κ2) is 5.31. The largest absolute Gasteiger partial charge is 0.481 e. The third-order valence-corrected chi connectivity index (χ3v) is 1.61. The van der Waals surface area contributed by atoms with E-state index in [4.69, 9.17) is 5.11 Å². The minimum atomic E-state index is -0.747. The van der Waals surface area contributed by atoms with Gasteiger partial charge in [-0.3, -0.25) is 4.79 Å². The van der Waals surface area contributed by atoms with Crippen molar-refractivity contribution < 1.29 is 9.90 Å². The summed E-state index contributed by atoms with van der Waals surface area (Å²) in [5, 5.41) is 11.5. The maximum absolute atomic E-state index is 10.1. The van der Waals surface area contributed by atoms with Crippen LogP contribution in [0.1, 0.15) is 18.5 Å². The number of nitrogens with one attached hydrogen (secondary N) is 2. The van der Waals surface area contributed by atoms with Crippen molar-refractivity contribution in [2.75, 3.05) is 6.54 Å². The molecule has 0 unspecified atom stereocenters. The van der Waals surface area contributed by atoms with Crippen molar-refractivity contribution in [2.24, 2.45) is 0 Å². The lowest BCUT2D eigenvalue weighted by Gasteiger charge is -2.00. The molecule has 3 N–H and O–H groups in total. The van der Waals surface area contributed by atoms with Gasteiger partial charge in [-0.1, -0.05) is 0 Å². The summed E-state index contributed by atoms with van der Waals surface area (Å²) in [6.45, 7) is 1.42. The highest BCUT2D eigenvalue weighted by atomic mass is 16.4. The lowest BCUT2D eigenvalue weighted by atomic mass is 10.3. The number of nitrogens with zero attached hydrogens (tertiary/aromatic N) is 1. The second-order valence-electron chi connectivity index (χ2n) is 2.75. The number of aromatic amines is 1. The molecule has 13 heavy (non-hydrogen) atoms. The van der Waals surface area contributed by atoms with Gasteiger partial charge in [-0.2, -0.15) is 0 Å². The molecule has 0 spiro atoms. The summed E-state index contributed by atoms with van der Waals surface area (Å²) in [5.74, 6) is -0.747. The van der Waals surface area contributed by atoms with Gasteiger partial charge in [0.2, 0.25) is 0 Å². The normalized spacial score (nSPS) is 10.2. The van der Waals surface area contributed by atoms with Gasteiger partial charge in [0.1, 0.15) is 0 Å². The number of H-pyrrole nitrogens is 1. The van der Waals surface area contributed by atoms with Crippen LogP contribution in [-0.4, -0.2) is 27.6 Å². The van der Waals surface area contributed by atoms with Gasteiger partial charge < -0.3 is 15.4 Å². The van der Waals surface area contributed by atoms with Gasteiger partial charge in [-0.15, -0.1) is 0 Å². The highest BCUT2D eigenvalue weighted by Gasteiger charge is 1.96. The highest BCUT2D eigenvalue weighted by molar-refractivity contribution is 5.66. The van der Waals surface area contributed by atoms with Crippen LogP contribution in [0.15, 0.2) is 12.5 Å². The lowest BCUT2D eigenvalue weighted by molar-refractivity contribution is -0.137. The predicted octanol–water partition coefficient (Wildman–Crippen LogP) is 0.364. The molecule has 72 valence electrons. The molecule has 1 heterocycles. The van der Waals surface area contributed by atoms with Crippen LogP contribution in [0.5, 0.6) is 0 Å². The van der Waals surface area contributed by atoms with E-state index in [1.54, 1.807) is 12.5 Å². The van der Waals surface area contributed by atoms with E-state index in [1.165, 1.54) is 0 Å². The molecule has 0 radical (unpaired) electrons. The van der Waals surface area contributed by atoms with Crippen LogP contribution in [0, 0.1) is 0 Å². The predicted molar refractivity (Wildman–Crippen MR) is 47.2 cm³/mol. The highest BCUT2D eigenvalue weighted by Crippen LogP contribution is 1.90. The number of carbonyl (C=O) groups is 1. The first-order chi connectivity index (χ1) is 6.29. The molecule has 0 saturated carbocycles. The molecular weight excluding hydrogens is 170 g/mol. The quantitative estimate of drug-likeness (QED) is 0.556. The Morgan fingerprint density at radius 3 is 3.15 bits per heavy atom. The summed E-state index contributed by atoms with van der Waals surface area (Å²) in [4.78, 5) is 17.0. The van der Waals surface area contributed by atoms with Gasteiger partial charge >= 0.3 is 5.97 Å². The van der Waals surface area contributed by atoms with E-state index in [0.29, 0.717) is 19.5 Å². The Bertz CT molecular complexity index is 246. The van der Waals surface area contributed by atoms with Crippen LogP contribution in [-0.2, 0) is 11.3 Å². The summed E-state index contributed by atoms with van der Waals surface area (Å²) in [5.41, 5.74) is 1.01. The molecule has 1 aromatic heterocycles. The zero-order valence-corrected chi connectivity index (χ0v) is 7.29. The number of aliphatic carboxylic acids is 1. The molecule has 0 fully saturated rings. The van der Waals surface area contributed by atoms with Crippen molar-refractivity contribution in [3.63, 3.8) is 0 Å². The maximum Gasteiger partial charge on any atom is 0.303 e. The Kier molecular flexibility index (Phi) is 3.98. The van der Waals surface area contributed by atoms with Crippen LogP contribution in [0.25, 0.3) is 0 Å². The fourth-order valence-corrected chi connectivity index (χ4v) is 0.969. The Morgan fingerprint density at radius 1 is 1.69 bits per heavy atom. The monoisotopic (exact) mass is 183 g/mol. The molecular formula is C8H13N3O2. The topological polar surface area (TPSA) is 78.0 Å². The molecule has 5 heteroatoms. The van der Waals surface area contributed by atoms with E-state index in [2.05, 4.69) is 15.3 Å². The molecule has 1 rings (SSSR count). The molecule has 0 bridgehead atoms. The van der Waals surface area contributed by atoms with E-state index in [1.807, 2.05) is 0 Å². The van der Waals surface area contributed by atoms with Gasteiger partial charge in [-0.25, -0.2) is 4.98 Å². The molecule has 0 amide bonds. The SMILES string of the molecule is O=C(O)CCCNCc1cnc[nH]1. The van der Waals surface area contributed by atoms with Crippen LogP contribution in [0.4, 0.5) is 0 Å². The summed E-state index contributed by atoms with van der Waals surface area (Å²) < 4.78 is 0. The lowest BCUT2D eigenvalue weighted by Crippen LogP contribution is -2.15. The molecule has 0 saturated heterocycles. The van der Waals surface area contributed by atoms with Crippen LogP contribution < -0.4 is 5.32 Å². The van der Waals surface area contributed by atoms with Crippen molar-refractivity contribution in [2.45, 2.75) is 19.4 Å². The third kappa shape index (κ3) is 4.27. The first-order valence-corrected chi connectivity index (χ1v) is 4.19. The number of hydrogen-bond donors (Lipinski definition) is 3. The molecule has 1 aromatic rings. The van der Waals surface area contributed by atoms with E-state index in [0.717, 1.165) is 5.69 Å². The van der Waals surface area contributed by atoms with Crippen LogP contribution in [0.3, 0.4) is 0 Å². The molecule has 5 nitrogen and oxygen atoms in total. The van der Waals surface area contributed by atoms with Crippen molar-refractivity contribution in [3.8, 4) is 0 Å². The first kappa shape index (κ1) is 9.73. The molecule has 0 aliphatic rings. The van der Waals surface area contributed by atoms with Gasteiger partial charge in [0, 0.05) is 24.9 Å². The van der Waals surface area contributed by atoms with Crippen molar-refractivity contribution in [1.82, 2.24) is 15.3 Å². The third-order valence-electron chi connectivity index (χ3n) is 1.61. The standard InChI is InChI=1S/C8H13N3O2/c12-8(13)2-1-3-9-4-7-5-10-6-11-7/h5-6,9H,1-4H2,(H,10,11)(H,12,13). The first-order valence-electron chi connectivity index (χ1n) is 4.19. The molecule has 0 aromatic carbocycles. The van der Waals surface area contributed by atoms with Crippen molar-refractivity contribution in [3.05, 3.63) is 18.2 Å². The number of carboxylic acids is 1. The zero-order valence-electron chi connectivity index (χ0n) is 7.29. The minimum absolute atomic E-state index is 0.218. The van der Waals surface area contributed by atoms with Crippen molar-refractivity contribution in [1.29, 1.82) is 0 Å². The van der Waals surface area contributed by atoms with E-state index in [9.17, 15) is 4.79 Å². The average molecular weight is 183 g/mol. The van der Waals surface area contributed by atoms with Crippen molar-refractivity contribution >= 4 is 5.97 Å². The van der Waals surface area contributed by atoms with Crippen LogP contribution >= 0.6 is 0 Å². The van der Waals surface area contributed by atoms with Crippen LogP contribution in [0.2, 0.25) is 0 Å². The number of aromatic nitrogens is 2. The minimum Gasteiger partial charge on any atom is -0.481 e. The summed E-state index contributed by atoms with van der Waals surface area (Å²) in [6.07, 6.45) is 4.23. The number of rotatable bonds is 6. The Hall–Kier alpha value is -1.36. The Balaban J connectivity index is 1.99. The zero-order chi connectivity index (χ0) is 9.52. The Labute approximate surface area is 76.2 Å². The fraction of sp³-hybridized carbons (Fsp3) is 0.500. The molecule has 0 atom stereocenters. The fourth-order valence-electron chi connectivity index (χ4n) is 0.969. The summed E-state index contributed by atoms with van der Waals surface area (Å²) in [6, 6.07) is 0. The molecule has 0 aliphatic heterocycles. The van der Waals surface area contributed by atoms with Gasteiger partial charge in [0.25, 0.3) is 0 Å². The summed E-state index contributed by atoms with van der Waals surface area (Å²) in [7, 11) is 0. The maximum atomic E-state index is 10.1. The number of carboxylic acid groups (broad SMARTS) is 1. The van der Waals surface area contributed by atoms with E-state index >= 15 is 0 Å². The molecule has 0 aliphatic carbocycles. The number of imidazole rings is 1. The second-order valence-corrected chi connectivity index (χ2v) is 2.75. The number of hydrogen-bond acceptors (Lipinski definition) is 3. The van der Waals surface area contributed by atoms with E-state index in [-0.39, 0.29) is 6.42 Å². The van der Waals surface area contributed by atoms with Gasteiger partial charge in [0.15, 0.2) is 0 Å². The average Bonchev–Trinajstić information content (AvgIpc) is 2.55.